The first kappa shape index (κ1) is 14.6. The molecule has 1 heterocycles. The maximum atomic E-state index is 9.74. The number of ether oxygens (including phenoxy) is 1. The SMILES string of the molecule is COC(C)(O)NC(Cc1ccsc1)CC(O)O. The minimum absolute atomic E-state index is 0.120. The maximum Gasteiger partial charge on any atom is 0.221 e. The number of hydrogen-bond acceptors (Lipinski definition) is 6. The Morgan fingerprint density at radius 2 is 2.24 bits per heavy atom. The molecule has 0 aliphatic rings. The summed E-state index contributed by atoms with van der Waals surface area (Å²) in [5, 5.41) is 34.5. The van der Waals surface area contributed by atoms with Crippen LogP contribution < -0.4 is 5.32 Å². The first-order valence-corrected chi connectivity index (χ1v) is 6.29. The molecule has 0 aliphatic carbocycles. The lowest BCUT2D eigenvalue weighted by Crippen LogP contribution is -2.51. The highest BCUT2D eigenvalue weighted by Crippen LogP contribution is 2.13. The largest absolute Gasteiger partial charge is 0.368 e. The molecule has 0 amide bonds. The molecule has 1 aromatic heterocycles. The minimum atomic E-state index is -1.48. The Morgan fingerprint density at radius 3 is 2.71 bits per heavy atom. The Hall–Kier alpha value is -0.500. The van der Waals surface area contributed by atoms with Gasteiger partial charge in [-0.25, -0.2) is 0 Å². The second kappa shape index (κ2) is 6.44. The summed E-state index contributed by atoms with van der Waals surface area (Å²) in [5.41, 5.74) is 1.08. The topological polar surface area (TPSA) is 82.0 Å². The maximum absolute atomic E-state index is 9.74. The van der Waals surface area contributed by atoms with Crippen LogP contribution in [-0.2, 0) is 11.2 Å². The van der Waals surface area contributed by atoms with Gasteiger partial charge in [0.15, 0.2) is 6.29 Å². The van der Waals surface area contributed by atoms with Crippen molar-refractivity contribution < 1.29 is 20.1 Å². The van der Waals surface area contributed by atoms with Gasteiger partial charge in [0.1, 0.15) is 0 Å². The molecule has 0 aliphatic heterocycles. The van der Waals surface area contributed by atoms with Gasteiger partial charge in [0.2, 0.25) is 5.91 Å². The number of thiophene rings is 1. The Bertz CT molecular complexity index is 313. The molecule has 2 unspecified atom stereocenters. The number of methoxy groups -OCH3 is 1. The molecule has 0 fully saturated rings. The predicted molar refractivity (Wildman–Crippen MR) is 65.4 cm³/mol. The van der Waals surface area contributed by atoms with E-state index in [-0.39, 0.29) is 12.5 Å². The van der Waals surface area contributed by atoms with Crippen LogP contribution in [0.1, 0.15) is 18.9 Å². The predicted octanol–water partition coefficient (Wildman–Crippen LogP) is 0.262. The summed E-state index contributed by atoms with van der Waals surface area (Å²) >= 11 is 1.58. The minimum Gasteiger partial charge on any atom is -0.368 e. The van der Waals surface area contributed by atoms with Crippen molar-refractivity contribution in [3.05, 3.63) is 22.4 Å². The zero-order valence-corrected chi connectivity index (χ0v) is 10.8. The highest BCUT2D eigenvalue weighted by Gasteiger charge is 2.25. The number of aliphatic hydroxyl groups is 3. The van der Waals surface area contributed by atoms with Crippen LogP contribution in [-0.4, -0.2) is 40.7 Å². The van der Waals surface area contributed by atoms with Crippen molar-refractivity contribution in [3.8, 4) is 0 Å². The average molecular weight is 261 g/mol. The van der Waals surface area contributed by atoms with E-state index >= 15 is 0 Å². The standard InChI is InChI=1S/C11H19NO4S/c1-11(15,16-2)12-9(6-10(13)14)5-8-3-4-17-7-8/h3-4,7,9-10,12-15H,5-6H2,1-2H3. The van der Waals surface area contributed by atoms with Crippen LogP contribution in [0.4, 0.5) is 0 Å². The third-order valence-electron chi connectivity index (χ3n) is 2.43. The van der Waals surface area contributed by atoms with E-state index in [2.05, 4.69) is 5.32 Å². The molecular formula is C11H19NO4S. The molecule has 0 spiro atoms. The highest BCUT2D eigenvalue weighted by atomic mass is 32.1. The zero-order chi connectivity index (χ0) is 12.9. The second-order valence-corrected chi connectivity index (χ2v) is 4.86. The van der Waals surface area contributed by atoms with Crippen molar-refractivity contribution in [3.63, 3.8) is 0 Å². The zero-order valence-electron chi connectivity index (χ0n) is 9.96. The smallest absolute Gasteiger partial charge is 0.221 e. The number of aliphatic hydroxyl groups excluding tert-OH is 1. The molecule has 1 rings (SSSR count). The fourth-order valence-corrected chi connectivity index (χ4v) is 2.26. The molecule has 0 bridgehead atoms. The molecule has 1 aromatic rings. The summed E-state index contributed by atoms with van der Waals surface area (Å²) in [7, 11) is 1.38. The molecular weight excluding hydrogens is 242 g/mol. The first-order valence-electron chi connectivity index (χ1n) is 5.35. The van der Waals surface area contributed by atoms with E-state index in [0.717, 1.165) is 5.56 Å². The van der Waals surface area contributed by atoms with E-state index < -0.39 is 12.2 Å². The van der Waals surface area contributed by atoms with Crippen molar-refractivity contribution in [1.29, 1.82) is 0 Å². The van der Waals surface area contributed by atoms with E-state index in [1.807, 2.05) is 16.8 Å². The lowest BCUT2D eigenvalue weighted by Gasteiger charge is -2.29. The Kier molecular flexibility index (Phi) is 5.51. The van der Waals surface area contributed by atoms with Gasteiger partial charge in [-0.15, -0.1) is 0 Å². The Balaban J connectivity index is 2.60. The molecule has 98 valence electrons. The van der Waals surface area contributed by atoms with Gasteiger partial charge in [-0.1, -0.05) is 0 Å². The summed E-state index contributed by atoms with van der Waals surface area (Å²) in [6.07, 6.45) is -0.700. The Labute approximate surface area is 105 Å². The van der Waals surface area contributed by atoms with Gasteiger partial charge >= 0.3 is 0 Å². The van der Waals surface area contributed by atoms with Gasteiger partial charge in [-0.2, -0.15) is 11.3 Å². The summed E-state index contributed by atoms with van der Waals surface area (Å²) in [6.45, 7) is 1.47. The fraction of sp³-hybridized carbons (Fsp3) is 0.636. The molecule has 2 atom stereocenters. The normalized spacial score (nSPS) is 17.1. The van der Waals surface area contributed by atoms with Crippen molar-refractivity contribution in [2.45, 2.75) is 38.0 Å². The second-order valence-electron chi connectivity index (χ2n) is 4.08. The molecule has 17 heavy (non-hydrogen) atoms. The quantitative estimate of drug-likeness (QED) is 0.529. The van der Waals surface area contributed by atoms with Crippen LogP contribution >= 0.6 is 11.3 Å². The van der Waals surface area contributed by atoms with Gasteiger partial charge in [0.25, 0.3) is 0 Å². The van der Waals surface area contributed by atoms with Crippen LogP contribution in [0.2, 0.25) is 0 Å². The van der Waals surface area contributed by atoms with Gasteiger partial charge in [-0.05, 0) is 28.8 Å². The molecule has 0 radical (unpaired) electrons. The van der Waals surface area contributed by atoms with Gasteiger partial charge in [0, 0.05) is 26.5 Å². The van der Waals surface area contributed by atoms with E-state index in [9.17, 15) is 5.11 Å². The van der Waals surface area contributed by atoms with Gasteiger partial charge in [-0.3, -0.25) is 5.32 Å². The average Bonchev–Trinajstić information content (AvgIpc) is 2.68. The third kappa shape index (κ3) is 5.58. The molecule has 6 heteroatoms. The van der Waals surface area contributed by atoms with Crippen LogP contribution in [0, 0.1) is 0 Å². The van der Waals surface area contributed by atoms with Crippen molar-refractivity contribution >= 4 is 11.3 Å². The number of hydrogen-bond donors (Lipinski definition) is 4. The van der Waals surface area contributed by atoms with Crippen LogP contribution in [0.5, 0.6) is 0 Å². The van der Waals surface area contributed by atoms with E-state index in [1.54, 1.807) is 11.3 Å². The molecule has 0 saturated heterocycles. The van der Waals surface area contributed by atoms with Crippen LogP contribution in [0.25, 0.3) is 0 Å². The number of rotatable bonds is 7. The molecule has 4 N–H and O–H groups in total. The van der Waals surface area contributed by atoms with Crippen molar-refractivity contribution in [2.75, 3.05) is 7.11 Å². The Morgan fingerprint density at radius 1 is 1.53 bits per heavy atom. The van der Waals surface area contributed by atoms with Crippen LogP contribution in [0.15, 0.2) is 16.8 Å². The molecule has 5 nitrogen and oxygen atoms in total. The van der Waals surface area contributed by atoms with Crippen LogP contribution in [0.3, 0.4) is 0 Å². The summed E-state index contributed by atoms with van der Waals surface area (Å²) in [4.78, 5) is 0. The molecule has 0 saturated carbocycles. The van der Waals surface area contributed by atoms with E-state index in [1.165, 1.54) is 14.0 Å². The van der Waals surface area contributed by atoms with Crippen molar-refractivity contribution in [1.82, 2.24) is 5.32 Å². The van der Waals surface area contributed by atoms with E-state index in [4.69, 9.17) is 14.9 Å². The van der Waals surface area contributed by atoms with Gasteiger partial charge < -0.3 is 20.1 Å². The monoisotopic (exact) mass is 261 g/mol. The number of nitrogens with one attached hydrogen (secondary N) is 1. The summed E-state index contributed by atoms with van der Waals surface area (Å²) in [6, 6.07) is 1.68. The lowest BCUT2D eigenvalue weighted by atomic mass is 10.1. The summed E-state index contributed by atoms with van der Waals surface area (Å²) in [5.74, 6) is -1.48. The van der Waals surface area contributed by atoms with Gasteiger partial charge in [0.05, 0.1) is 0 Å². The lowest BCUT2D eigenvalue weighted by molar-refractivity contribution is -0.202. The first-order chi connectivity index (χ1) is 7.93. The molecule has 0 aromatic carbocycles. The van der Waals surface area contributed by atoms with E-state index in [0.29, 0.717) is 6.42 Å². The third-order valence-corrected chi connectivity index (χ3v) is 3.16. The van der Waals surface area contributed by atoms with Crippen molar-refractivity contribution in [2.24, 2.45) is 0 Å². The fourth-order valence-electron chi connectivity index (χ4n) is 1.58. The summed E-state index contributed by atoms with van der Waals surface area (Å²) < 4.78 is 4.85. The highest BCUT2D eigenvalue weighted by molar-refractivity contribution is 7.07.